The first-order valence-corrected chi connectivity index (χ1v) is 5.08. The van der Waals surface area contributed by atoms with Crippen molar-refractivity contribution in [2.45, 2.75) is 44.9 Å². The number of hydrogen-bond donors (Lipinski definition) is 1. The second-order valence-electron chi connectivity index (χ2n) is 4.56. The van der Waals surface area contributed by atoms with Gasteiger partial charge in [-0.2, -0.15) is 0 Å². The number of aliphatic hydroxyl groups is 1. The number of rotatable bonds is 1. The second kappa shape index (κ2) is 3.00. The number of likely N-dealkylation sites (tertiary alicyclic amines) is 1. The van der Waals surface area contributed by atoms with Crippen LogP contribution in [0.25, 0.3) is 0 Å². The summed E-state index contributed by atoms with van der Waals surface area (Å²) in [5.41, 5.74) is 0. The molecule has 1 N–H and O–H groups in total. The van der Waals surface area contributed by atoms with Crippen LogP contribution in [-0.4, -0.2) is 29.3 Å². The predicted molar refractivity (Wildman–Crippen MR) is 48.7 cm³/mol. The summed E-state index contributed by atoms with van der Waals surface area (Å²) in [6.07, 6.45) is 4.94. The molecular formula is C10H19NO. The molecule has 70 valence electrons. The van der Waals surface area contributed by atoms with Gasteiger partial charge in [0.2, 0.25) is 0 Å². The van der Waals surface area contributed by atoms with E-state index in [1.165, 1.54) is 19.3 Å². The first kappa shape index (κ1) is 8.52. The van der Waals surface area contributed by atoms with E-state index >= 15 is 0 Å². The van der Waals surface area contributed by atoms with Crippen molar-refractivity contribution in [3.63, 3.8) is 0 Å². The van der Waals surface area contributed by atoms with E-state index in [1.807, 2.05) is 7.05 Å². The third-order valence-corrected chi connectivity index (χ3v) is 3.61. The van der Waals surface area contributed by atoms with Crippen molar-refractivity contribution >= 4 is 0 Å². The zero-order valence-electron chi connectivity index (χ0n) is 8.03. The Bertz CT molecular complexity index is 155. The van der Waals surface area contributed by atoms with Crippen molar-refractivity contribution in [1.29, 1.82) is 0 Å². The third-order valence-electron chi connectivity index (χ3n) is 3.61. The topological polar surface area (TPSA) is 23.5 Å². The summed E-state index contributed by atoms with van der Waals surface area (Å²) >= 11 is 0. The molecule has 1 saturated heterocycles. The minimum Gasteiger partial charge on any atom is -0.378 e. The monoisotopic (exact) mass is 169 g/mol. The summed E-state index contributed by atoms with van der Waals surface area (Å²) in [5, 5.41) is 9.72. The van der Waals surface area contributed by atoms with Crippen LogP contribution in [0.5, 0.6) is 0 Å². The first-order valence-electron chi connectivity index (χ1n) is 5.08. The maximum atomic E-state index is 9.72. The van der Waals surface area contributed by atoms with E-state index in [4.69, 9.17) is 0 Å². The maximum absolute atomic E-state index is 9.72. The van der Waals surface area contributed by atoms with E-state index in [-0.39, 0.29) is 6.23 Å². The van der Waals surface area contributed by atoms with Gasteiger partial charge in [0.15, 0.2) is 0 Å². The Kier molecular flexibility index (Phi) is 2.13. The van der Waals surface area contributed by atoms with Gasteiger partial charge in [0.1, 0.15) is 6.23 Å². The van der Waals surface area contributed by atoms with Gasteiger partial charge in [-0.25, -0.2) is 0 Å². The molecule has 2 heteroatoms. The van der Waals surface area contributed by atoms with Crippen LogP contribution in [0.1, 0.15) is 32.6 Å². The number of piperidine rings is 1. The van der Waals surface area contributed by atoms with Gasteiger partial charge in [0.05, 0.1) is 0 Å². The number of hydrogen-bond acceptors (Lipinski definition) is 2. The van der Waals surface area contributed by atoms with Gasteiger partial charge in [0, 0.05) is 6.04 Å². The molecule has 0 aromatic carbocycles. The third kappa shape index (κ3) is 1.50. The highest BCUT2D eigenvalue weighted by molar-refractivity contribution is 4.88. The standard InChI is InChI=1S/C10H19NO/c1-7-5-9(8-3-4-8)6-10(12)11(7)2/h7-10,12H,3-6H2,1-2H3/t7-,9+,10+/m1/s1. The molecule has 1 aliphatic heterocycles. The minimum atomic E-state index is -0.181. The molecule has 0 bridgehead atoms. The fourth-order valence-corrected chi connectivity index (χ4v) is 2.38. The van der Waals surface area contributed by atoms with Crippen LogP contribution in [0.2, 0.25) is 0 Å². The van der Waals surface area contributed by atoms with Gasteiger partial charge in [-0.15, -0.1) is 0 Å². The molecule has 0 spiro atoms. The van der Waals surface area contributed by atoms with E-state index in [1.54, 1.807) is 0 Å². The molecule has 0 aromatic rings. The van der Waals surface area contributed by atoms with Crippen molar-refractivity contribution in [1.82, 2.24) is 4.90 Å². The Morgan fingerprint density at radius 3 is 2.33 bits per heavy atom. The molecule has 1 heterocycles. The molecule has 1 aliphatic carbocycles. The van der Waals surface area contributed by atoms with Gasteiger partial charge in [0.25, 0.3) is 0 Å². The van der Waals surface area contributed by atoms with E-state index in [9.17, 15) is 5.11 Å². The summed E-state index contributed by atoms with van der Waals surface area (Å²) in [7, 11) is 2.03. The van der Waals surface area contributed by atoms with Gasteiger partial charge >= 0.3 is 0 Å². The van der Waals surface area contributed by atoms with E-state index < -0.39 is 0 Å². The Labute approximate surface area is 74.6 Å². The normalized spacial score (nSPS) is 44.8. The molecule has 12 heavy (non-hydrogen) atoms. The van der Waals surface area contributed by atoms with Crippen molar-refractivity contribution in [2.75, 3.05) is 7.05 Å². The Balaban J connectivity index is 1.94. The lowest BCUT2D eigenvalue weighted by Crippen LogP contribution is -2.45. The zero-order chi connectivity index (χ0) is 8.72. The maximum Gasteiger partial charge on any atom is 0.107 e. The lowest BCUT2D eigenvalue weighted by molar-refractivity contribution is -0.0572. The molecule has 0 amide bonds. The smallest absolute Gasteiger partial charge is 0.107 e. The average molecular weight is 169 g/mol. The van der Waals surface area contributed by atoms with Crippen LogP contribution < -0.4 is 0 Å². The van der Waals surface area contributed by atoms with E-state index in [0.29, 0.717) is 6.04 Å². The zero-order valence-corrected chi connectivity index (χ0v) is 8.03. The highest BCUT2D eigenvalue weighted by Gasteiger charge is 2.38. The Morgan fingerprint density at radius 1 is 1.17 bits per heavy atom. The summed E-state index contributed by atoms with van der Waals surface area (Å²) in [5.74, 6) is 1.77. The van der Waals surface area contributed by atoms with E-state index in [2.05, 4.69) is 11.8 Å². The molecule has 2 rings (SSSR count). The molecule has 2 nitrogen and oxygen atoms in total. The van der Waals surface area contributed by atoms with Crippen LogP contribution >= 0.6 is 0 Å². The highest BCUT2D eigenvalue weighted by atomic mass is 16.3. The van der Waals surface area contributed by atoms with Crippen molar-refractivity contribution in [3.05, 3.63) is 0 Å². The Morgan fingerprint density at radius 2 is 1.83 bits per heavy atom. The van der Waals surface area contributed by atoms with Crippen molar-refractivity contribution in [2.24, 2.45) is 11.8 Å². The molecule has 1 saturated carbocycles. The SMILES string of the molecule is C[C@@H]1C[C@H](C2CC2)C[C@H](O)N1C. The minimum absolute atomic E-state index is 0.181. The fourth-order valence-electron chi connectivity index (χ4n) is 2.38. The van der Waals surface area contributed by atoms with Crippen LogP contribution in [0.4, 0.5) is 0 Å². The van der Waals surface area contributed by atoms with Gasteiger partial charge in [-0.05, 0) is 51.5 Å². The number of nitrogens with zero attached hydrogens (tertiary/aromatic N) is 1. The lowest BCUT2D eigenvalue weighted by Gasteiger charge is -2.39. The molecular weight excluding hydrogens is 150 g/mol. The molecule has 0 unspecified atom stereocenters. The van der Waals surface area contributed by atoms with Crippen LogP contribution in [0.3, 0.4) is 0 Å². The first-order chi connectivity index (χ1) is 5.68. The summed E-state index contributed by atoms with van der Waals surface area (Å²) in [4.78, 5) is 2.10. The lowest BCUT2D eigenvalue weighted by atomic mass is 9.87. The fraction of sp³-hybridized carbons (Fsp3) is 1.00. The molecule has 2 aliphatic rings. The molecule has 3 atom stereocenters. The summed E-state index contributed by atoms with van der Waals surface area (Å²) in [6.45, 7) is 2.22. The molecule has 0 radical (unpaired) electrons. The summed E-state index contributed by atoms with van der Waals surface area (Å²) < 4.78 is 0. The van der Waals surface area contributed by atoms with Crippen LogP contribution in [0, 0.1) is 11.8 Å². The quantitative estimate of drug-likeness (QED) is 0.642. The van der Waals surface area contributed by atoms with Crippen LogP contribution in [0.15, 0.2) is 0 Å². The summed E-state index contributed by atoms with van der Waals surface area (Å²) in [6, 6.07) is 0.569. The largest absolute Gasteiger partial charge is 0.378 e. The highest BCUT2D eigenvalue weighted by Crippen LogP contribution is 2.43. The van der Waals surface area contributed by atoms with Crippen molar-refractivity contribution < 1.29 is 5.11 Å². The van der Waals surface area contributed by atoms with Crippen LogP contribution in [-0.2, 0) is 0 Å². The number of aliphatic hydroxyl groups excluding tert-OH is 1. The van der Waals surface area contributed by atoms with Gasteiger partial charge in [-0.3, -0.25) is 4.90 Å². The average Bonchev–Trinajstić information content (AvgIpc) is 2.81. The van der Waals surface area contributed by atoms with Gasteiger partial charge < -0.3 is 5.11 Å². The van der Waals surface area contributed by atoms with E-state index in [0.717, 1.165) is 18.3 Å². The van der Waals surface area contributed by atoms with Crippen molar-refractivity contribution in [3.8, 4) is 0 Å². The van der Waals surface area contributed by atoms with Gasteiger partial charge in [-0.1, -0.05) is 0 Å². The Hall–Kier alpha value is -0.0800. The predicted octanol–water partition coefficient (Wildman–Crippen LogP) is 1.45. The molecule has 0 aromatic heterocycles. The second-order valence-corrected chi connectivity index (χ2v) is 4.56. The molecule has 2 fully saturated rings.